The van der Waals surface area contributed by atoms with Gasteiger partial charge in [0, 0.05) is 19.8 Å². The van der Waals surface area contributed by atoms with Gasteiger partial charge in [-0.25, -0.2) is 0 Å². The Morgan fingerprint density at radius 1 is 0.517 bits per heavy atom. The topological polar surface area (TPSA) is 3.24 Å². The number of nitrogens with zero attached hydrogens (tertiary/aromatic N) is 1. The van der Waals surface area contributed by atoms with Crippen LogP contribution in [-0.4, -0.2) is 14.1 Å². The Balaban J connectivity index is 1.84. The fourth-order valence-corrected chi connectivity index (χ4v) is 4.22. The molecule has 0 fully saturated rings. The van der Waals surface area contributed by atoms with E-state index >= 15 is 0 Å². The largest absolute Gasteiger partial charge is 0.378 e. The summed E-state index contributed by atoms with van der Waals surface area (Å²) in [5.74, 6) is 0. The van der Waals surface area contributed by atoms with Gasteiger partial charge in [0.25, 0.3) is 0 Å². The first-order valence-corrected chi connectivity index (χ1v) is 10.00. The number of hydrogen-bond donors (Lipinski definition) is 0. The zero-order chi connectivity index (χ0) is 19.8. The van der Waals surface area contributed by atoms with Crippen molar-refractivity contribution < 1.29 is 0 Å². The molecule has 0 unspecified atom stereocenters. The minimum Gasteiger partial charge on any atom is -0.378 e. The standard InChI is InChI=1S/C28H23N/c1-29(2)23-14-5-13-22(19-23)25-16-7-11-21-12-8-18-27(28(21)25)26-17-6-10-20-9-3-4-15-24(20)26/h3-19H,1-2H3. The molecule has 29 heavy (non-hydrogen) atoms. The molecule has 0 aliphatic rings. The van der Waals surface area contributed by atoms with Gasteiger partial charge >= 0.3 is 0 Å². The van der Waals surface area contributed by atoms with Gasteiger partial charge in [-0.3, -0.25) is 0 Å². The van der Waals surface area contributed by atoms with Crippen molar-refractivity contribution in [2.24, 2.45) is 0 Å². The van der Waals surface area contributed by atoms with E-state index in [1.165, 1.54) is 49.5 Å². The van der Waals surface area contributed by atoms with Crippen molar-refractivity contribution in [2.45, 2.75) is 0 Å². The minimum atomic E-state index is 1.21. The number of fused-ring (bicyclic) bond motifs is 2. The first-order valence-electron chi connectivity index (χ1n) is 10.00. The molecule has 0 aliphatic carbocycles. The van der Waals surface area contributed by atoms with Gasteiger partial charge in [0.2, 0.25) is 0 Å². The van der Waals surface area contributed by atoms with Crippen molar-refractivity contribution in [3.8, 4) is 22.3 Å². The van der Waals surface area contributed by atoms with E-state index in [1.807, 2.05) is 0 Å². The van der Waals surface area contributed by atoms with E-state index in [1.54, 1.807) is 0 Å². The van der Waals surface area contributed by atoms with Crippen molar-refractivity contribution in [1.82, 2.24) is 0 Å². The van der Waals surface area contributed by atoms with Gasteiger partial charge in [-0.15, -0.1) is 0 Å². The zero-order valence-corrected chi connectivity index (χ0v) is 16.8. The molecule has 0 amide bonds. The summed E-state index contributed by atoms with van der Waals surface area (Å²) in [6.45, 7) is 0. The van der Waals surface area contributed by atoms with Crippen LogP contribution < -0.4 is 4.90 Å². The van der Waals surface area contributed by atoms with Crippen LogP contribution in [0.4, 0.5) is 5.69 Å². The van der Waals surface area contributed by atoms with Crippen LogP contribution in [0.2, 0.25) is 0 Å². The molecule has 1 heteroatoms. The van der Waals surface area contributed by atoms with Crippen LogP contribution in [-0.2, 0) is 0 Å². The molecule has 0 heterocycles. The summed E-state index contributed by atoms with van der Waals surface area (Å²) in [7, 11) is 4.17. The lowest BCUT2D eigenvalue weighted by atomic mass is 9.89. The van der Waals surface area contributed by atoms with Crippen LogP contribution in [0.25, 0.3) is 43.8 Å². The zero-order valence-electron chi connectivity index (χ0n) is 16.8. The maximum Gasteiger partial charge on any atom is 0.0367 e. The average molecular weight is 373 g/mol. The first kappa shape index (κ1) is 17.5. The molecule has 0 saturated carbocycles. The Bertz CT molecular complexity index is 1320. The molecule has 0 atom stereocenters. The highest BCUT2D eigenvalue weighted by Crippen LogP contribution is 2.39. The molecular formula is C28H23N. The van der Waals surface area contributed by atoms with Gasteiger partial charge in [0.05, 0.1) is 0 Å². The van der Waals surface area contributed by atoms with Crippen LogP contribution in [0.1, 0.15) is 0 Å². The van der Waals surface area contributed by atoms with E-state index in [-0.39, 0.29) is 0 Å². The lowest BCUT2D eigenvalue weighted by Gasteiger charge is -2.17. The number of hydrogen-bond acceptors (Lipinski definition) is 1. The molecule has 0 bridgehead atoms. The summed E-state index contributed by atoms with van der Waals surface area (Å²) in [5, 5.41) is 5.14. The Kier molecular flexibility index (Phi) is 4.29. The molecular weight excluding hydrogens is 350 g/mol. The van der Waals surface area contributed by atoms with E-state index in [2.05, 4.69) is 122 Å². The summed E-state index contributed by atoms with van der Waals surface area (Å²) in [6, 6.07) is 37.2. The van der Waals surface area contributed by atoms with Crippen LogP contribution >= 0.6 is 0 Å². The molecule has 5 aromatic rings. The lowest BCUT2D eigenvalue weighted by molar-refractivity contribution is 1.13. The highest BCUT2D eigenvalue weighted by molar-refractivity contribution is 6.11. The van der Waals surface area contributed by atoms with Gasteiger partial charge in [-0.2, -0.15) is 0 Å². The third-order valence-electron chi connectivity index (χ3n) is 5.66. The Labute approximate surface area is 171 Å². The normalized spacial score (nSPS) is 11.1. The Morgan fingerprint density at radius 2 is 1.14 bits per heavy atom. The lowest BCUT2D eigenvalue weighted by Crippen LogP contribution is -2.08. The van der Waals surface area contributed by atoms with Gasteiger partial charge in [0.1, 0.15) is 0 Å². The summed E-state index contributed by atoms with van der Waals surface area (Å²) in [6.07, 6.45) is 0. The van der Waals surface area contributed by atoms with Crippen molar-refractivity contribution in [1.29, 1.82) is 0 Å². The SMILES string of the molecule is CN(C)c1cccc(-c2cccc3cccc(-c4cccc5ccccc45)c23)c1. The molecule has 5 rings (SSSR count). The second-order valence-electron chi connectivity index (χ2n) is 7.68. The summed E-state index contributed by atoms with van der Waals surface area (Å²) in [5.41, 5.74) is 6.29. The smallest absolute Gasteiger partial charge is 0.0367 e. The fourth-order valence-electron chi connectivity index (χ4n) is 4.22. The van der Waals surface area contributed by atoms with Crippen molar-refractivity contribution >= 4 is 27.2 Å². The molecule has 5 aromatic carbocycles. The van der Waals surface area contributed by atoms with Crippen LogP contribution in [0, 0.1) is 0 Å². The van der Waals surface area contributed by atoms with Crippen LogP contribution in [0.3, 0.4) is 0 Å². The molecule has 140 valence electrons. The number of rotatable bonds is 3. The van der Waals surface area contributed by atoms with Gasteiger partial charge in [0.15, 0.2) is 0 Å². The predicted octanol–water partition coefficient (Wildman–Crippen LogP) is 7.39. The van der Waals surface area contributed by atoms with E-state index in [0.717, 1.165) is 0 Å². The molecule has 0 spiro atoms. The van der Waals surface area contributed by atoms with E-state index in [9.17, 15) is 0 Å². The van der Waals surface area contributed by atoms with E-state index in [4.69, 9.17) is 0 Å². The summed E-state index contributed by atoms with van der Waals surface area (Å²) >= 11 is 0. The highest BCUT2D eigenvalue weighted by atomic mass is 15.1. The van der Waals surface area contributed by atoms with Crippen LogP contribution in [0.5, 0.6) is 0 Å². The van der Waals surface area contributed by atoms with Crippen molar-refractivity contribution in [3.05, 3.63) is 103 Å². The summed E-state index contributed by atoms with van der Waals surface area (Å²) in [4.78, 5) is 2.15. The van der Waals surface area contributed by atoms with Gasteiger partial charge in [-0.05, 0) is 55.9 Å². The fraction of sp³-hybridized carbons (Fsp3) is 0.0714. The molecule has 0 N–H and O–H groups in total. The Hall–Kier alpha value is -3.58. The number of anilines is 1. The van der Waals surface area contributed by atoms with Gasteiger partial charge < -0.3 is 4.90 Å². The monoisotopic (exact) mass is 373 g/mol. The average Bonchev–Trinajstić information content (AvgIpc) is 2.78. The third-order valence-corrected chi connectivity index (χ3v) is 5.66. The molecule has 1 nitrogen and oxygen atoms in total. The predicted molar refractivity (Wildman–Crippen MR) is 127 cm³/mol. The second-order valence-corrected chi connectivity index (χ2v) is 7.68. The van der Waals surface area contributed by atoms with E-state index in [0.29, 0.717) is 0 Å². The second kappa shape index (κ2) is 7.10. The van der Waals surface area contributed by atoms with Crippen molar-refractivity contribution in [3.63, 3.8) is 0 Å². The first-order chi connectivity index (χ1) is 14.2. The highest BCUT2D eigenvalue weighted by Gasteiger charge is 2.12. The Morgan fingerprint density at radius 3 is 1.93 bits per heavy atom. The summed E-state index contributed by atoms with van der Waals surface area (Å²) < 4.78 is 0. The molecule has 0 saturated heterocycles. The van der Waals surface area contributed by atoms with Crippen LogP contribution in [0.15, 0.2) is 103 Å². The van der Waals surface area contributed by atoms with E-state index < -0.39 is 0 Å². The quantitative estimate of drug-likeness (QED) is 0.318. The maximum atomic E-state index is 2.27. The van der Waals surface area contributed by atoms with Crippen molar-refractivity contribution in [2.75, 3.05) is 19.0 Å². The maximum absolute atomic E-state index is 2.27. The molecule has 0 aromatic heterocycles. The third kappa shape index (κ3) is 3.05. The minimum absolute atomic E-state index is 1.21. The number of benzene rings is 5. The molecule has 0 radical (unpaired) electrons. The van der Waals surface area contributed by atoms with Gasteiger partial charge in [-0.1, -0.05) is 91.0 Å². The molecule has 0 aliphatic heterocycles.